The lowest BCUT2D eigenvalue weighted by Crippen LogP contribution is -2.74. The van der Waals surface area contributed by atoms with Crippen molar-refractivity contribution in [3.8, 4) is 5.75 Å². The second-order valence-corrected chi connectivity index (χ2v) is 8.75. The van der Waals surface area contributed by atoms with Crippen molar-refractivity contribution < 1.29 is 19.1 Å². The second kappa shape index (κ2) is 5.88. The minimum atomic E-state index is -0.494. The standard InChI is InChI=1S/C21H26N2O4/c1-26-16-6-4-15(5-7-16)22-11-20(12-22)13-23(14-20)19(25)17-10-18(24)27-21(17)8-2-3-9-21/h4-7,17H,2-3,8-14H2,1H3. The van der Waals surface area contributed by atoms with E-state index in [-0.39, 0.29) is 29.6 Å². The molecule has 1 amide bonds. The monoisotopic (exact) mass is 370 g/mol. The Labute approximate surface area is 159 Å². The van der Waals surface area contributed by atoms with Gasteiger partial charge in [0, 0.05) is 37.3 Å². The van der Waals surface area contributed by atoms with Crippen LogP contribution >= 0.6 is 0 Å². The van der Waals surface area contributed by atoms with E-state index in [1.165, 1.54) is 5.69 Å². The summed E-state index contributed by atoms with van der Waals surface area (Å²) in [6, 6.07) is 8.13. The van der Waals surface area contributed by atoms with Gasteiger partial charge in [0.05, 0.1) is 19.4 Å². The number of hydrogen-bond donors (Lipinski definition) is 0. The smallest absolute Gasteiger partial charge is 0.307 e. The van der Waals surface area contributed by atoms with E-state index in [1.54, 1.807) is 7.11 Å². The van der Waals surface area contributed by atoms with Crippen molar-refractivity contribution in [1.29, 1.82) is 0 Å². The molecule has 1 saturated carbocycles. The first-order valence-electron chi connectivity index (χ1n) is 9.92. The van der Waals surface area contributed by atoms with Crippen molar-refractivity contribution in [2.75, 3.05) is 38.2 Å². The molecule has 5 rings (SSSR count). The molecule has 3 aliphatic heterocycles. The summed E-state index contributed by atoms with van der Waals surface area (Å²) in [5, 5.41) is 0. The molecule has 1 aromatic carbocycles. The van der Waals surface area contributed by atoms with Crippen molar-refractivity contribution in [2.24, 2.45) is 11.3 Å². The Morgan fingerprint density at radius 3 is 2.41 bits per heavy atom. The molecule has 3 heterocycles. The average Bonchev–Trinajstić information content (AvgIpc) is 3.19. The van der Waals surface area contributed by atoms with E-state index in [4.69, 9.17) is 9.47 Å². The number of esters is 1. The molecule has 1 atom stereocenters. The lowest BCUT2D eigenvalue weighted by Gasteiger charge is -2.61. The third-order valence-electron chi connectivity index (χ3n) is 6.93. The summed E-state index contributed by atoms with van der Waals surface area (Å²) in [5.41, 5.74) is 0.930. The predicted molar refractivity (Wildman–Crippen MR) is 99.6 cm³/mol. The van der Waals surface area contributed by atoms with Gasteiger partial charge in [-0.2, -0.15) is 0 Å². The molecule has 27 heavy (non-hydrogen) atoms. The number of amides is 1. The maximum absolute atomic E-state index is 13.1. The molecular formula is C21H26N2O4. The summed E-state index contributed by atoms with van der Waals surface area (Å²) < 4.78 is 10.9. The van der Waals surface area contributed by atoms with E-state index < -0.39 is 5.60 Å². The normalized spacial score (nSPS) is 27.4. The quantitative estimate of drug-likeness (QED) is 0.764. The van der Waals surface area contributed by atoms with Crippen LogP contribution in [0.25, 0.3) is 0 Å². The molecule has 0 radical (unpaired) electrons. The number of methoxy groups -OCH3 is 1. The van der Waals surface area contributed by atoms with Crippen LogP contribution < -0.4 is 9.64 Å². The molecule has 144 valence electrons. The zero-order valence-corrected chi connectivity index (χ0v) is 15.8. The van der Waals surface area contributed by atoms with Crippen LogP contribution in [0.2, 0.25) is 0 Å². The Hall–Kier alpha value is -2.24. The van der Waals surface area contributed by atoms with E-state index >= 15 is 0 Å². The minimum absolute atomic E-state index is 0.135. The first-order chi connectivity index (χ1) is 13.0. The van der Waals surface area contributed by atoms with Gasteiger partial charge in [0.15, 0.2) is 0 Å². The molecule has 3 saturated heterocycles. The topological polar surface area (TPSA) is 59.1 Å². The summed E-state index contributed by atoms with van der Waals surface area (Å²) in [5.74, 6) is 0.544. The first kappa shape index (κ1) is 16.9. The van der Waals surface area contributed by atoms with E-state index in [0.29, 0.717) is 0 Å². The van der Waals surface area contributed by atoms with Crippen LogP contribution in [0.4, 0.5) is 5.69 Å². The third kappa shape index (κ3) is 2.60. The predicted octanol–water partition coefficient (Wildman–Crippen LogP) is 2.22. The highest BCUT2D eigenvalue weighted by Crippen LogP contribution is 2.49. The van der Waals surface area contributed by atoms with Crippen LogP contribution in [0.1, 0.15) is 32.1 Å². The number of likely N-dealkylation sites (tertiary alicyclic amines) is 1. The number of ether oxygens (including phenoxy) is 2. The second-order valence-electron chi connectivity index (χ2n) is 8.75. The SMILES string of the molecule is COc1ccc(N2CC3(CN(C(=O)C4CC(=O)OC45CCCC5)C3)C2)cc1. The van der Waals surface area contributed by atoms with Crippen LogP contribution in [0.5, 0.6) is 5.75 Å². The highest BCUT2D eigenvalue weighted by Gasteiger charge is 2.59. The number of rotatable bonds is 3. The number of nitrogens with zero attached hydrogens (tertiary/aromatic N) is 2. The summed E-state index contributed by atoms with van der Waals surface area (Å²) >= 11 is 0. The van der Waals surface area contributed by atoms with Gasteiger partial charge in [0.2, 0.25) is 5.91 Å². The van der Waals surface area contributed by atoms with Crippen molar-refractivity contribution in [1.82, 2.24) is 4.90 Å². The van der Waals surface area contributed by atoms with Gasteiger partial charge in [-0.1, -0.05) is 0 Å². The number of benzene rings is 1. The van der Waals surface area contributed by atoms with E-state index in [2.05, 4.69) is 17.0 Å². The zero-order valence-electron chi connectivity index (χ0n) is 15.8. The first-order valence-corrected chi connectivity index (χ1v) is 9.92. The number of carbonyl (C=O) groups excluding carboxylic acids is 2. The molecule has 4 aliphatic rings. The van der Waals surface area contributed by atoms with Gasteiger partial charge < -0.3 is 19.3 Å². The molecule has 1 aliphatic carbocycles. The zero-order chi connectivity index (χ0) is 18.6. The molecular weight excluding hydrogens is 344 g/mol. The van der Waals surface area contributed by atoms with Crippen LogP contribution in [0.15, 0.2) is 24.3 Å². The lowest BCUT2D eigenvalue weighted by molar-refractivity contribution is -0.158. The molecule has 0 N–H and O–H groups in total. The van der Waals surface area contributed by atoms with Crippen molar-refractivity contribution in [2.45, 2.75) is 37.7 Å². The average molecular weight is 370 g/mol. The van der Waals surface area contributed by atoms with Crippen LogP contribution in [-0.2, 0) is 14.3 Å². The van der Waals surface area contributed by atoms with E-state index in [9.17, 15) is 9.59 Å². The summed E-state index contributed by atoms with van der Waals surface area (Å²) in [6.45, 7) is 3.57. The fourth-order valence-corrected chi connectivity index (χ4v) is 5.51. The van der Waals surface area contributed by atoms with Crippen molar-refractivity contribution in [3.05, 3.63) is 24.3 Å². The highest BCUT2D eigenvalue weighted by molar-refractivity contribution is 5.88. The molecule has 4 fully saturated rings. The van der Waals surface area contributed by atoms with E-state index in [1.807, 2.05) is 17.0 Å². The van der Waals surface area contributed by atoms with Gasteiger partial charge in [-0.15, -0.1) is 0 Å². The third-order valence-corrected chi connectivity index (χ3v) is 6.93. The molecule has 0 aromatic heterocycles. The van der Waals surface area contributed by atoms with Gasteiger partial charge >= 0.3 is 5.97 Å². The fourth-order valence-electron chi connectivity index (χ4n) is 5.51. The van der Waals surface area contributed by atoms with Crippen LogP contribution in [0, 0.1) is 11.3 Å². The minimum Gasteiger partial charge on any atom is -0.497 e. The van der Waals surface area contributed by atoms with Crippen LogP contribution in [0.3, 0.4) is 0 Å². The Balaban J connectivity index is 1.19. The largest absolute Gasteiger partial charge is 0.497 e. The Bertz CT molecular complexity index is 755. The number of hydrogen-bond acceptors (Lipinski definition) is 5. The Morgan fingerprint density at radius 2 is 1.78 bits per heavy atom. The summed E-state index contributed by atoms with van der Waals surface area (Å²) in [4.78, 5) is 29.2. The van der Waals surface area contributed by atoms with Crippen molar-refractivity contribution >= 4 is 17.6 Å². The molecule has 1 unspecified atom stereocenters. The summed E-state index contributed by atoms with van der Waals surface area (Å²) in [6.07, 6.45) is 4.06. The van der Waals surface area contributed by atoms with Gasteiger partial charge in [-0.05, 0) is 49.9 Å². The van der Waals surface area contributed by atoms with Crippen LogP contribution in [-0.4, -0.2) is 55.7 Å². The number of carbonyl (C=O) groups is 2. The molecule has 1 aromatic rings. The lowest BCUT2D eigenvalue weighted by atomic mass is 9.71. The summed E-state index contributed by atoms with van der Waals surface area (Å²) in [7, 11) is 1.67. The maximum Gasteiger partial charge on any atom is 0.307 e. The van der Waals surface area contributed by atoms with Gasteiger partial charge in [-0.3, -0.25) is 9.59 Å². The maximum atomic E-state index is 13.1. The molecule has 6 heteroatoms. The fraction of sp³-hybridized carbons (Fsp3) is 0.619. The molecule has 6 nitrogen and oxygen atoms in total. The van der Waals surface area contributed by atoms with Gasteiger partial charge in [0.25, 0.3) is 0 Å². The molecule has 2 spiro atoms. The van der Waals surface area contributed by atoms with Gasteiger partial charge in [-0.25, -0.2) is 0 Å². The Morgan fingerprint density at radius 1 is 1.11 bits per heavy atom. The highest BCUT2D eigenvalue weighted by atomic mass is 16.6. The molecule has 0 bridgehead atoms. The number of anilines is 1. The van der Waals surface area contributed by atoms with Gasteiger partial charge in [0.1, 0.15) is 11.4 Å². The Kier molecular flexibility index (Phi) is 3.68. The van der Waals surface area contributed by atoms with Crippen molar-refractivity contribution in [3.63, 3.8) is 0 Å². The van der Waals surface area contributed by atoms with E-state index in [0.717, 1.165) is 57.6 Å².